The summed E-state index contributed by atoms with van der Waals surface area (Å²) in [6, 6.07) is 21.5. The Balaban J connectivity index is 0.00000121. The fraction of sp³-hybridized carbons (Fsp3) is 0.429. The third-order valence-corrected chi connectivity index (χ3v) is 5.92. The van der Waals surface area contributed by atoms with Crippen molar-refractivity contribution in [3.8, 4) is 0 Å². The van der Waals surface area contributed by atoms with Crippen molar-refractivity contribution >= 4 is 0 Å². The number of hydrogen-bond donors (Lipinski definition) is 2. The molecule has 2 aromatic rings. The molecular weight excluding hydrogens is 367 g/mol. The minimum absolute atomic E-state index is 0. The quantitative estimate of drug-likeness (QED) is 0.528. The average Bonchev–Trinajstić information content (AvgIpc) is 2.60. The summed E-state index contributed by atoms with van der Waals surface area (Å²) in [5.41, 5.74) is 3.12. The van der Waals surface area contributed by atoms with Gasteiger partial charge in [-0.2, -0.15) is 0 Å². The van der Waals surface area contributed by atoms with Crippen LogP contribution in [0.3, 0.4) is 0 Å². The summed E-state index contributed by atoms with van der Waals surface area (Å²) in [6.45, 7) is 5.70. The number of hydrogen-bond acceptors (Lipinski definition) is 1. The van der Waals surface area contributed by atoms with Gasteiger partial charge in [0.2, 0.25) is 5.54 Å². The second-order valence-corrected chi connectivity index (χ2v) is 7.56. The fourth-order valence-corrected chi connectivity index (χ4v) is 4.27. The molecule has 2 aromatic carbocycles. The maximum absolute atomic E-state index is 6.27. The molecule has 0 aliphatic carbocycles. The van der Waals surface area contributed by atoms with Crippen LogP contribution < -0.4 is 34.6 Å². The minimum Gasteiger partial charge on any atom is -1.00 e. The number of rotatable bonds is 4. The predicted octanol–water partition coefficient (Wildman–Crippen LogP) is -5.84. The number of quaternary nitrogens is 2. The molecule has 3 nitrogen and oxygen atoms in total. The number of likely N-dealkylation sites (N-methyl/N-ethyl adjacent to an activating group) is 1. The normalized spacial score (nSPS) is 30.0. The Kier molecular flexibility index (Phi) is 7.51. The van der Waals surface area contributed by atoms with Gasteiger partial charge in [0.25, 0.3) is 0 Å². The summed E-state index contributed by atoms with van der Waals surface area (Å²) in [5.74, 6) is 0. The number of nitrogens with one attached hydrogen (secondary N) is 2. The first-order chi connectivity index (χ1) is 11.8. The topological polar surface area (TPSA) is 18.1 Å². The number of morpholine rings is 1. The van der Waals surface area contributed by atoms with Gasteiger partial charge in [-0.05, 0) is 11.1 Å². The SMILES string of the molecule is C[NH+]1CC(c2ccccc2)OCC12C[NH+](CCc1ccccc1)C2.[Cl-].[Cl-]. The maximum Gasteiger partial charge on any atom is 0.219 e. The molecule has 2 fully saturated rings. The Morgan fingerprint density at radius 1 is 0.962 bits per heavy atom. The summed E-state index contributed by atoms with van der Waals surface area (Å²) in [5, 5.41) is 0. The Hall–Kier alpha value is -1.10. The minimum atomic E-state index is 0. The van der Waals surface area contributed by atoms with Gasteiger partial charge in [0.1, 0.15) is 32.3 Å². The lowest BCUT2D eigenvalue weighted by molar-refractivity contribution is -1.07. The molecule has 0 saturated carbocycles. The zero-order valence-corrected chi connectivity index (χ0v) is 16.8. The second-order valence-electron chi connectivity index (χ2n) is 7.56. The lowest BCUT2D eigenvalue weighted by Gasteiger charge is -2.51. The van der Waals surface area contributed by atoms with Gasteiger partial charge in [0.05, 0.1) is 13.6 Å². The standard InChI is InChI=1S/C21H26N2O.2ClH/c1-22-14-20(19-10-6-3-7-11-19)24-17-21(22)15-23(16-21)13-12-18-8-4-2-5-9-18;;/h2-11,20H,12-17H2,1H3;2*1H. The molecule has 0 bridgehead atoms. The zero-order chi connectivity index (χ0) is 16.4. The average molecular weight is 395 g/mol. The van der Waals surface area contributed by atoms with E-state index in [2.05, 4.69) is 67.7 Å². The molecule has 2 heterocycles. The van der Waals surface area contributed by atoms with E-state index in [1.807, 2.05) is 0 Å². The highest BCUT2D eigenvalue weighted by atomic mass is 35.5. The van der Waals surface area contributed by atoms with Crippen molar-refractivity contribution < 1.29 is 39.4 Å². The lowest BCUT2D eigenvalue weighted by atomic mass is 9.86. The van der Waals surface area contributed by atoms with Gasteiger partial charge in [-0.15, -0.1) is 0 Å². The van der Waals surface area contributed by atoms with Gasteiger partial charge in [0.15, 0.2) is 0 Å². The molecule has 2 N–H and O–H groups in total. The summed E-state index contributed by atoms with van der Waals surface area (Å²) in [6.07, 6.45) is 1.43. The van der Waals surface area contributed by atoms with E-state index in [-0.39, 0.29) is 30.9 Å². The molecule has 2 atom stereocenters. The first kappa shape index (κ1) is 21.2. The lowest BCUT2D eigenvalue weighted by Crippen LogP contribution is -3.38. The van der Waals surface area contributed by atoms with E-state index in [9.17, 15) is 0 Å². The van der Waals surface area contributed by atoms with E-state index in [1.54, 1.807) is 9.80 Å². The molecule has 0 aromatic heterocycles. The van der Waals surface area contributed by atoms with E-state index >= 15 is 0 Å². The molecular formula is C21H28Cl2N2O. The van der Waals surface area contributed by atoms with Crippen molar-refractivity contribution in [2.24, 2.45) is 0 Å². The van der Waals surface area contributed by atoms with Gasteiger partial charge in [-0.25, -0.2) is 0 Å². The summed E-state index contributed by atoms with van der Waals surface area (Å²) < 4.78 is 6.27. The number of benzene rings is 2. The zero-order valence-electron chi connectivity index (χ0n) is 15.3. The van der Waals surface area contributed by atoms with Crippen molar-refractivity contribution in [3.63, 3.8) is 0 Å². The van der Waals surface area contributed by atoms with Gasteiger partial charge < -0.3 is 39.4 Å². The van der Waals surface area contributed by atoms with Crippen molar-refractivity contribution in [2.75, 3.05) is 39.8 Å². The molecule has 2 saturated heterocycles. The van der Waals surface area contributed by atoms with Crippen LogP contribution >= 0.6 is 0 Å². The third kappa shape index (κ3) is 4.41. The van der Waals surface area contributed by atoms with E-state index < -0.39 is 0 Å². The molecule has 0 amide bonds. The first-order valence-electron chi connectivity index (χ1n) is 9.12. The fourth-order valence-electron chi connectivity index (χ4n) is 4.27. The van der Waals surface area contributed by atoms with Gasteiger partial charge in [-0.1, -0.05) is 60.7 Å². The van der Waals surface area contributed by atoms with E-state index in [0.717, 1.165) is 13.2 Å². The van der Waals surface area contributed by atoms with Crippen LogP contribution in [0.5, 0.6) is 0 Å². The largest absolute Gasteiger partial charge is 1.00 e. The predicted molar refractivity (Wildman–Crippen MR) is 95.3 cm³/mol. The smallest absolute Gasteiger partial charge is 0.219 e. The van der Waals surface area contributed by atoms with Crippen LogP contribution in [0.15, 0.2) is 60.7 Å². The van der Waals surface area contributed by atoms with Crippen LogP contribution in [-0.4, -0.2) is 45.4 Å². The molecule has 142 valence electrons. The summed E-state index contributed by atoms with van der Waals surface area (Å²) >= 11 is 0. The number of halogens is 2. The Morgan fingerprint density at radius 2 is 1.58 bits per heavy atom. The van der Waals surface area contributed by atoms with E-state index in [1.165, 1.54) is 37.2 Å². The number of likely N-dealkylation sites (tertiary alicyclic amines) is 1. The van der Waals surface area contributed by atoms with Crippen LogP contribution in [0.4, 0.5) is 0 Å². The maximum atomic E-state index is 6.27. The van der Waals surface area contributed by atoms with Crippen molar-refractivity contribution in [3.05, 3.63) is 71.8 Å². The van der Waals surface area contributed by atoms with E-state index in [4.69, 9.17) is 4.74 Å². The van der Waals surface area contributed by atoms with Crippen LogP contribution in [0.1, 0.15) is 17.2 Å². The Morgan fingerprint density at radius 3 is 2.19 bits per heavy atom. The molecule has 2 unspecified atom stereocenters. The van der Waals surface area contributed by atoms with Gasteiger partial charge >= 0.3 is 0 Å². The second kappa shape index (κ2) is 9.20. The van der Waals surface area contributed by atoms with Crippen LogP contribution in [-0.2, 0) is 11.2 Å². The monoisotopic (exact) mass is 394 g/mol. The van der Waals surface area contributed by atoms with Crippen LogP contribution in [0.25, 0.3) is 0 Å². The van der Waals surface area contributed by atoms with Crippen molar-refractivity contribution in [2.45, 2.75) is 18.1 Å². The summed E-state index contributed by atoms with van der Waals surface area (Å²) in [7, 11) is 2.35. The summed E-state index contributed by atoms with van der Waals surface area (Å²) in [4.78, 5) is 3.37. The van der Waals surface area contributed by atoms with Gasteiger partial charge in [-0.3, -0.25) is 0 Å². The number of ether oxygens (including phenoxy) is 1. The third-order valence-electron chi connectivity index (χ3n) is 5.92. The van der Waals surface area contributed by atoms with Crippen LogP contribution in [0.2, 0.25) is 0 Å². The highest BCUT2D eigenvalue weighted by Crippen LogP contribution is 2.21. The molecule has 1 spiro atoms. The molecule has 5 heteroatoms. The van der Waals surface area contributed by atoms with E-state index in [0.29, 0.717) is 5.54 Å². The first-order valence-corrected chi connectivity index (χ1v) is 9.12. The molecule has 4 rings (SSSR count). The van der Waals surface area contributed by atoms with Gasteiger partial charge in [0, 0.05) is 6.42 Å². The van der Waals surface area contributed by atoms with Crippen molar-refractivity contribution in [1.29, 1.82) is 0 Å². The molecule has 26 heavy (non-hydrogen) atoms. The van der Waals surface area contributed by atoms with Crippen LogP contribution in [0, 0.1) is 0 Å². The highest BCUT2D eigenvalue weighted by Gasteiger charge is 2.57. The molecule has 2 aliphatic heterocycles. The Bertz CT molecular complexity index is 662. The molecule has 2 aliphatic rings. The highest BCUT2D eigenvalue weighted by molar-refractivity contribution is 5.18. The Labute approximate surface area is 169 Å². The molecule has 0 radical (unpaired) electrons. The van der Waals surface area contributed by atoms with Crippen molar-refractivity contribution in [1.82, 2.24) is 0 Å².